The third-order valence-electron chi connectivity index (χ3n) is 5.86. The molecule has 2 heterocycles. The number of aryl methyl sites for hydroxylation is 1. The van der Waals surface area contributed by atoms with Crippen LogP contribution in [0.1, 0.15) is 23.7 Å². The summed E-state index contributed by atoms with van der Waals surface area (Å²) in [6.45, 7) is 3.72. The Morgan fingerprint density at radius 1 is 1.06 bits per heavy atom. The number of carbonyl (C=O) groups is 1. The van der Waals surface area contributed by atoms with Crippen molar-refractivity contribution in [3.63, 3.8) is 0 Å². The van der Waals surface area contributed by atoms with Gasteiger partial charge in [0, 0.05) is 58.1 Å². The predicted molar refractivity (Wildman–Crippen MR) is 132 cm³/mol. The van der Waals surface area contributed by atoms with E-state index in [0.29, 0.717) is 29.9 Å². The first kappa shape index (κ1) is 23.5. The topological polar surface area (TPSA) is 82.9 Å². The minimum absolute atomic E-state index is 0.0770. The van der Waals surface area contributed by atoms with Gasteiger partial charge < -0.3 is 9.80 Å². The Morgan fingerprint density at radius 2 is 1.79 bits per heavy atom. The largest absolute Gasteiger partial charge is 0.378 e. The number of rotatable bonds is 6. The minimum atomic E-state index is -3.72. The van der Waals surface area contributed by atoms with Crippen molar-refractivity contribution in [1.82, 2.24) is 13.8 Å². The summed E-state index contributed by atoms with van der Waals surface area (Å²) >= 11 is 1.07. The van der Waals surface area contributed by atoms with Gasteiger partial charge in [-0.1, -0.05) is 24.3 Å². The lowest BCUT2D eigenvalue weighted by Crippen LogP contribution is -2.50. The maximum Gasteiger partial charge on any atom is 0.308 e. The summed E-state index contributed by atoms with van der Waals surface area (Å²) in [6, 6.07) is 12.3. The molecule has 1 saturated heterocycles. The molecule has 8 nitrogen and oxygen atoms in total. The average molecular weight is 489 g/mol. The highest BCUT2D eigenvalue weighted by atomic mass is 32.2. The van der Waals surface area contributed by atoms with Gasteiger partial charge in [-0.05, 0) is 42.8 Å². The SMILES string of the molecule is CCCn1c(=O)sc2cc(S(=O)(=O)N3CCN(C(=O)c4cccc(N(C)C)c4)CC3)ccc21. The van der Waals surface area contributed by atoms with E-state index in [9.17, 15) is 18.0 Å². The van der Waals surface area contributed by atoms with Crippen LogP contribution in [0.5, 0.6) is 0 Å². The number of carbonyl (C=O) groups excluding carboxylic acids is 1. The van der Waals surface area contributed by atoms with Crippen LogP contribution in [0.3, 0.4) is 0 Å². The van der Waals surface area contributed by atoms with Crippen molar-refractivity contribution in [3.8, 4) is 0 Å². The number of anilines is 1. The number of hydrogen-bond acceptors (Lipinski definition) is 6. The predicted octanol–water partition coefficient (Wildman–Crippen LogP) is 2.69. The molecule has 10 heteroatoms. The highest BCUT2D eigenvalue weighted by molar-refractivity contribution is 7.89. The van der Waals surface area contributed by atoms with E-state index < -0.39 is 10.0 Å². The van der Waals surface area contributed by atoms with Crippen LogP contribution in [0.25, 0.3) is 10.2 Å². The molecule has 0 aliphatic carbocycles. The van der Waals surface area contributed by atoms with Gasteiger partial charge in [0.2, 0.25) is 10.0 Å². The molecule has 1 aromatic heterocycles. The number of amides is 1. The number of sulfonamides is 1. The fraction of sp³-hybridized carbons (Fsp3) is 0.391. The fourth-order valence-corrected chi connectivity index (χ4v) is 6.50. The quantitative estimate of drug-likeness (QED) is 0.533. The fourth-order valence-electron chi connectivity index (χ4n) is 4.02. The Morgan fingerprint density at radius 3 is 2.45 bits per heavy atom. The van der Waals surface area contributed by atoms with Crippen LogP contribution in [0, 0.1) is 0 Å². The minimum Gasteiger partial charge on any atom is -0.378 e. The number of thiazole rings is 1. The molecule has 0 saturated carbocycles. The Balaban J connectivity index is 1.49. The van der Waals surface area contributed by atoms with Crippen LogP contribution in [-0.4, -0.2) is 68.4 Å². The summed E-state index contributed by atoms with van der Waals surface area (Å²) in [5.41, 5.74) is 2.29. The smallest absolute Gasteiger partial charge is 0.308 e. The Bertz CT molecular complexity index is 1340. The normalized spacial score (nSPS) is 15.2. The lowest BCUT2D eigenvalue weighted by molar-refractivity contribution is 0.0698. The molecular formula is C23H28N4O4S2. The van der Waals surface area contributed by atoms with E-state index in [4.69, 9.17) is 0 Å². The molecule has 1 aliphatic heterocycles. The molecular weight excluding hydrogens is 460 g/mol. The second-order valence-corrected chi connectivity index (χ2v) is 11.2. The zero-order valence-electron chi connectivity index (χ0n) is 19.0. The van der Waals surface area contributed by atoms with Gasteiger partial charge in [0.05, 0.1) is 15.1 Å². The molecule has 4 rings (SSSR count). The number of nitrogens with zero attached hydrogens (tertiary/aromatic N) is 4. The summed E-state index contributed by atoms with van der Waals surface area (Å²) in [6.07, 6.45) is 0.828. The molecule has 0 spiro atoms. The zero-order valence-corrected chi connectivity index (χ0v) is 20.7. The highest BCUT2D eigenvalue weighted by Gasteiger charge is 2.31. The van der Waals surface area contributed by atoms with Crippen LogP contribution >= 0.6 is 11.3 Å². The molecule has 33 heavy (non-hydrogen) atoms. The summed E-state index contributed by atoms with van der Waals surface area (Å²) in [5.74, 6) is -0.0980. The lowest BCUT2D eigenvalue weighted by Gasteiger charge is -2.34. The average Bonchev–Trinajstić information content (AvgIpc) is 3.13. The van der Waals surface area contributed by atoms with Gasteiger partial charge >= 0.3 is 4.87 Å². The number of piperazine rings is 1. The number of benzene rings is 2. The second-order valence-electron chi connectivity index (χ2n) is 8.29. The number of hydrogen-bond donors (Lipinski definition) is 0. The lowest BCUT2D eigenvalue weighted by atomic mass is 10.1. The van der Waals surface area contributed by atoms with Crippen LogP contribution in [-0.2, 0) is 16.6 Å². The molecule has 0 atom stereocenters. The zero-order chi connectivity index (χ0) is 23.8. The first-order chi connectivity index (χ1) is 15.7. The molecule has 0 unspecified atom stereocenters. The van der Waals surface area contributed by atoms with E-state index in [-0.39, 0.29) is 28.8 Å². The molecule has 1 fully saturated rings. The second kappa shape index (κ2) is 9.28. The van der Waals surface area contributed by atoms with E-state index >= 15 is 0 Å². The molecule has 3 aromatic rings. The maximum atomic E-state index is 13.3. The highest BCUT2D eigenvalue weighted by Crippen LogP contribution is 2.25. The summed E-state index contributed by atoms with van der Waals surface area (Å²) in [5, 5.41) is 0. The molecule has 176 valence electrons. The van der Waals surface area contributed by atoms with E-state index in [1.165, 1.54) is 4.31 Å². The summed E-state index contributed by atoms with van der Waals surface area (Å²) in [4.78, 5) is 28.9. The number of aromatic nitrogens is 1. The van der Waals surface area contributed by atoms with Gasteiger partial charge in [-0.3, -0.25) is 14.2 Å². The summed E-state index contributed by atoms with van der Waals surface area (Å²) in [7, 11) is 0.120. The van der Waals surface area contributed by atoms with Crippen LogP contribution in [0.2, 0.25) is 0 Å². The van der Waals surface area contributed by atoms with E-state index in [1.54, 1.807) is 33.7 Å². The maximum absolute atomic E-state index is 13.3. The van der Waals surface area contributed by atoms with Crippen molar-refractivity contribution < 1.29 is 13.2 Å². The number of fused-ring (bicyclic) bond motifs is 1. The van der Waals surface area contributed by atoms with Gasteiger partial charge in [-0.2, -0.15) is 4.31 Å². The first-order valence-corrected chi connectivity index (χ1v) is 13.2. The van der Waals surface area contributed by atoms with Gasteiger partial charge in [-0.25, -0.2) is 8.42 Å². The molecule has 0 N–H and O–H groups in total. The third kappa shape index (κ3) is 4.55. The van der Waals surface area contributed by atoms with Crippen molar-refractivity contribution >= 4 is 43.2 Å². The van der Waals surface area contributed by atoms with Gasteiger partial charge in [0.1, 0.15) is 0 Å². The van der Waals surface area contributed by atoms with Crippen LogP contribution in [0.15, 0.2) is 52.2 Å². The van der Waals surface area contributed by atoms with Gasteiger partial charge in [0.15, 0.2) is 0 Å². The Hall–Kier alpha value is -2.69. The van der Waals surface area contributed by atoms with Crippen molar-refractivity contribution in [2.75, 3.05) is 45.2 Å². The van der Waals surface area contributed by atoms with Crippen molar-refractivity contribution in [2.24, 2.45) is 0 Å². The first-order valence-electron chi connectivity index (χ1n) is 10.9. The van der Waals surface area contributed by atoms with E-state index in [1.807, 2.05) is 44.1 Å². The monoisotopic (exact) mass is 488 g/mol. The van der Waals surface area contributed by atoms with Crippen molar-refractivity contribution in [3.05, 3.63) is 57.7 Å². The van der Waals surface area contributed by atoms with Crippen LogP contribution < -0.4 is 9.77 Å². The van der Waals surface area contributed by atoms with Crippen molar-refractivity contribution in [1.29, 1.82) is 0 Å². The molecule has 1 aliphatic rings. The summed E-state index contributed by atoms with van der Waals surface area (Å²) < 4.78 is 30.3. The van der Waals surface area contributed by atoms with E-state index in [2.05, 4.69) is 0 Å². The van der Waals surface area contributed by atoms with Gasteiger partial charge in [0.25, 0.3) is 5.91 Å². The molecule has 0 bridgehead atoms. The Kier molecular flexibility index (Phi) is 6.60. The van der Waals surface area contributed by atoms with E-state index in [0.717, 1.165) is 29.0 Å². The molecule has 0 radical (unpaired) electrons. The molecule has 2 aromatic carbocycles. The van der Waals surface area contributed by atoms with Gasteiger partial charge in [-0.15, -0.1) is 0 Å². The van der Waals surface area contributed by atoms with Crippen molar-refractivity contribution in [2.45, 2.75) is 24.8 Å². The third-order valence-corrected chi connectivity index (χ3v) is 8.70. The Labute approximate surface area is 197 Å². The van der Waals surface area contributed by atoms with Crippen LogP contribution in [0.4, 0.5) is 5.69 Å². The molecule has 1 amide bonds. The standard InChI is InChI=1S/C23H28N4O4S2/c1-4-10-27-20-9-8-19(16-21(20)32-23(27)29)33(30,31)26-13-11-25(12-14-26)22(28)17-6-5-7-18(15-17)24(2)3/h5-9,15-16H,4,10-14H2,1-3H3.